The van der Waals surface area contributed by atoms with Crippen molar-refractivity contribution in [2.24, 2.45) is 0 Å². The Morgan fingerprint density at radius 1 is 1.03 bits per heavy atom. The second kappa shape index (κ2) is 9.27. The minimum Gasteiger partial charge on any atom is -0.497 e. The number of carbonyl (C=O) groups is 1. The zero-order valence-electron chi connectivity index (χ0n) is 18.3. The van der Waals surface area contributed by atoms with Gasteiger partial charge in [0.25, 0.3) is 0 Å². The first-order valence-electron chi connectivity index (χ1n) is 10.9. The van der Waals surface area contributed by atoms with Gasteiger partial charge in [0, 0.05) is 29.0 Å². The van der Waals surface area contributed by atoms with E-state index in [1.54, 1.807) is 7.11 Å². The summed E-state index contributed by atoms with van der Waals surface area (Å²) >= 11 is 3.50. The Kier molecular flexibility index (Phi) is 6.05. The van der Waals surface area contributed by atoms with Crippen LogP contribution in [-0.2, 0) is 11.3 Å². The first kappa shape index (κ1) is 21.5. The highest BCUT2D eigenvalue weighted by Crippen LogP contribution is 2.34. The predicted molar refractivity (Wildman–Crippen MR) is 132 cm³/mol. The first-order valence-corrected chi connectivity index (χ1v) is 11.7. The summed E-state index contributed by atoms with van der Waals surface area (Å²) in [4.78, 5) is 19.7. The molecule has 1 aromatic heterocycles. The lowest BCUT2D eigenvalue weighted by atomic mass is 10.1. The van der Waals surface area contributed by atoms with Crippen molar-refractivity contribution in [3.63, 3.8) is 0 Å². The van der Waals surface area contributed by atoms with Gasteiger partial charge in [-0.1, -0.05) is 34.1 Å². The van der Waals surface area contributed by atoms with Gasteiger partial charge in [0.15, 0.2) is 0 Å². The third-order valence-electron chi connectivity index (χ3n) is 5.94. The average molecular weight is 506 g/mol. The van der Waals surface area contributed by atoms with Crippen LogP contribution in [0.4, 0.5) is 5.69 Å². The van der Waals surface area contributed by atoms with Crippen LogP contribution in [-0.4, -0.2) is 35.7 Å². The van der Waals surface area contributed by atoms with Crippen molar-refractivity contribution in [3.8, 4) is 11.5 Å². The standard InChI is InChI=1S/C26H24BrN3O3/c1-32-21-9-11-22(12-10-21)33-14-13-29-24-8-3-2-7-23(24)28-26(29)18-15-25(31)30(17-18)20-6-4-5-19(27)16-20/h2-12,16,18H,13-15,17H2,1H3. The number of fused-ring (bicyclic) bond motifs is 1. The molecule has 7 heteroatoms. The summed E-state index contributed by atoms with van der Waals surface area (Å²) in [6.45, 7) is 1.75. The van der Waals surface area contributed by atoms with Crippen molar-refractivity contribution in [1.29, 1.82) is 0 Å². The number of imidazole rings is 1. The molecule has 1 aliphatic rings. The Morgan fingerprint density at radius 2 is 1.82 bits per heavy atom. The number of nitrogens with zero attached hydrogens (tertiary/aromatic N) is 3. The van der Waals surface area contributed by atoms with Gasteiger partial charge in [-0.25, -0.2) is 4.98 Å². The fourth-order valence-corrected chi connectivity index (χ4v) is 4.73. The third-order valence-corrected chi connectivity index (χ3v) is 6.43. The number of hydrogen-bond donors (Lipinski definition) is 0. The van der Waals surface area contributed by atoms with Crippen LogP contribution in [0.2, 0.25) is 0 Å². The predicted octanol–water partition coefficient (Wildman–Crippen LogP) is 5.41. The molecule has 0 bridgehead atoms. The average Bonchev–Trinajstić information content (AvgIpc) is 3.40. The molecule has 33 heavy (non-hydrogen) atoms. The summed E-state index contributed by atoms with van der Waals surface area (Å²) in [7, 11) is 1.65. The van der Waals surface area contributed by atoms with Gasteiger partial charge in [0.05, 0.1) is 24.7 Å². The normalized spacial score (nSPS) is 15.9. The van der Waals surface area contributed by atoms with Crippen LogP contribution in [0.25, 0.3) is 11.0 Å². The third kappa shape index (κ3) is 4.46. The molecular weight excluding hydrogens is 482 g/mol. The SMILES string of the molecule is COc1ccc(OCCn2c(C3CC(=O)N(c4cccc(Br)c4)C3)nc3ccccc32)cc1. The maximum Gasteiger partial charge on any atom is 0.227 e. The second-order valence-electron chi connectivity index (χ2n) is 8.02. The molecule has 0 radical (unpaired) electrons. The fourth-order valence-electron chi connectivity index (χ4n) is 4.34. The molecule has 6 nitrogen and oxygen atoms in total. The number of methoxy groups -OCH3 is 1. The maximum absolute atomic E-state index is 12.9. The largest absolute Gasteiger partial charge is 0.497 e. The molecule has 1 fully saturated rings. The van der Waals surface area contributed by atoms with Crippen molar-refractivity contribution in [2.75, 3.05) is 25.2 Å². The summed E-state index contributed by atoms with van der Waals surface area (Å²) in [6, 6.07) is 23.5. The summed E-state index contributed by atoms with van der Waals surface area (Å²) in [5.74, 6) is 2.65. The highest BCUT2D eigenvalue weighted by atomic mass is 79.9. The molecule has 168 valence electrons. The van der Waals surface area contributed by atoms with Crippen molar-refractivity contribution in [2.45, 2.75) is 18.9 Å². The van der Waals surface area contributed by atoms with Gasteiger partial charge in [-0.2, -0.15) is 0 Å². The molecule has 3 aromatic carbocycles. The molecule has 1 aliphatic heterocycles. The van der Waals surface area contributed by atoms with Crippen LogP contribution in [0.5, 0.6) is 11.5 Å². The van der Waals surface area contributed by atoms with Crippen molar-refractivity contribution < 1.29 is 14.3 Å². The summed E-state index contributed by atoms with van der Waals surface area (Å²) in [5, 5.41) is 0. The van der Waals surface area contributed by atoms with E-state index in [9.17, 15) is 4.79 Å². The quantitative estimate of drug-likeness (QED) is 0.337. The Morgan fingerprint density at radius 3 is 2.61 bits per heavy atom. The molecule has 0 spiro atoms. The monoisotopic (exact) mass is 505 g/mol. The first-order chi connectivity index (χ1) is 16.1. The molecule has 1 amide bonds. The number of halogens is 1. The Bertz CT molecular complexity index is 1290. The van der Waals surface area contributed by atoms with E-state index < -0.39 is 0 Å². The van der Waals surface area contributed by atoms with Crippen molar-refractivity contribution in [1.82, 2.24) is 9.55 Å². The van der Waals surface area contributed by atoms with Crippen LogP contribution >= 0.6 is 15.9 Å². The fraction of sp³-hybridized carbons (Fsp3) is 0.231. The highest BCUT2D eigenvalue weighted by molar-refractivity contribution is 9.10. The van der Waals surface area contributed by atoms with Gasteiger partial charge in [0.2, 0.25) is 5.91 Å². The van der Waals surface area contributed by atoms with E-state index in [0.717, 1.165) is 38.5 Å². The van der Waals surface area contributed by atoms with E-state index in [0.29, 0.717) is 26.1 Å². The van der Waals surface area contributed by atoms with Gasteiger partial charge >= 0.3 is 0 Å². The van der Waals surface area contributed by atoms with Crippen LogP contribution in [0.3, 0.4) is 0 Å². The lowest BCUT2D eigenvalue weighted by Crippen LogP contribution is -2.24. The highest BCUT2D eigenvalue weighted by Gasteiger charge is 2.34. The molecular formula is C26H24BrN3O3. The number of benzene rings is 3. The van der Waals surface area contributed by atoms with E-state index in [-0.39, 0.29) is 11.8 Å². The maximum atomic E-state index is 12.9. The van der Waals surface area contributed by atoms with Crippen molar-refractivity contribution in [3.05, 3.63) is 83.1 Å². The van der Waals surface area contributed by atoms with Gasteiger partial charge in [0.1, 0.15) is 23.9 Å². The van der Waals surface area contributed by atoms with Crippen LogP contribution in [0.1, 0.15) is 18.2 Å². The minimum atomic E-state index is 0.0184. The van der Waals surface area contributed by atoms with E-state index in [1.807, 2.05) is 71.6 Å². The molecule has 0 N–H and O–H groups in total. The molecule has 0 aliphatic carbocycles. The topological polar surface area (TPSA) is 56.6 Å². The van der Waals surface area contributed by atoms with E-state index in [2.05, 4.69) is 26.6 Å². The van der Waals surface area contributed by atoms with Crippen LogP contribution in [0, 0.1) is 0 Å². The number of carbonyl (C=O) groups excluding carboxylic acids is 1. The number of aromatic nitrogens is 2. The zero-order chi connectivity index (χ0) is 22.8. The molecule has 4 aromatic rings. The lowest BCUT2D eigenvalue weighted by molar-refractivity contribution is -0.117. The number of hydrogen-bond acceptors (Lipinski definition) is 4. The van der Waals surface area contributed by atoms with Gasteiger partial charge < -0.3 is 18.9 Å². The summed E-state index contributed by atoms with van der Waals surface area (Å²) in [5.41, 5.74) is 2.90. The summed E-state index contributed by atoms with van der Waals surface area (Å²) < 4.78 is 14.3. The van der Waals surface area contributed by atoms with Crippen LogP contribution in [0.15, 0.2) is 77.3 Å². The van der Waals surface area contributed by atoms with Gasteiger partial charge in [-0.15, -0.1) is 0 Å². The minimum absolute atomic E-state index is 0.0184. The van der Waals surface area contributed by atoms with E-state index in [4.69, 9.17) is 14.5 Å². The Balaban J connectivity index is 1.38. The van der Waals surface area contributed by atoms with E-state index in [1.165, 1.54) is 0 Å². The van der Waals surface area contributed by atoms with Crippen LogP contribution < -0.4 is 14.4 Å². The zero-order valence-corrected chi connectivity index (χ0v) is 19.9. The number of ether oxygens (including phenoxy) is 2. The summed E-state index contributed by atoms with van der Waals surface area (Å²) in [6.07, 6.45) is 0.440. The Labute approximate surface area is 200 Å². The molecule has 5 rings (SSSR count). The van der Waals surface area contributed by atoms with Gasteiger partial charge in [-0.3, -0.25) is 4.79 Å². The number of amides is 1. The smallest absolute Gasteiger partial charge is 0.227 e. The number of para-hydroxylation sites is 2. The van der Waals surface area contributed by atoms with Gasteiger partial charge in [-0.05, 0) is 54.6 Å². The number of anilines is 1. The van der Waals surface area contributed by atoms with Crippen molar-refractivity contribution >= 4 is 38.6 Å². The number of rotatable bonds is 7. The molecule has 0 saturated carbocycles. The molecule has 1 unspecified atom stereocenters. The Hall–Kier alpha value is -3.32. The van der Waals surface area contributed by atoms with E-state index >= 15 is 0 Å². The molecule has 2 heterocycles. The molecule has 1 atom stereocenters. The second-order valence-corrected chi connectivity index (χ2v) is 8.94. The lowest BCUT2D eigenvalue weighted by Gasteiger charge is -2.18. The molecule has 1 saturated heterocycles.